The van der Waals surface area contributed by atoms with Gasteiger partial charge in [-0.2, -0.15) is 4.31 Å². The Bertz CT molecular complexity index is 552. The molecule has 1 aromatic heterocycles. The van der Waals surface area contributed by atoms with Crippen LogP contribution in [0.3, 0.4) is 0 Å². The van der Waals surface area contributed by atoms with Gasteiger partial charge in [0.05, 0.1) is 0 Å². The van der Waals surface area contributed by atoms with E-state index < -0.39 is 16.1 Å². The van der Waals surface area contributed by atoms with E-state index >= 15 is 0 Å². The Morgan fingerprint density at radius 2 is 2.33 bits per heavy atom. The molecule has 8 heteroatoms. The van der Waals surface area contributed by atoms with Crippen LogP contribution >= 0.6 is 11.3 Å². The fraction of sp³-hybridized carbons (Fsp3) is 0.500. The van der Waals surface area contributed by atoms with Gasteiger partial charge in [0.25, 0.3) is 10.0 Å². The van der Waals surface area contributed by atoms with Gasteiger partial charge in [0.15, 0.2) is 0 Å². The summed E-state index contributed by atoms with van der Waals surface area (Å²) in [5.74, 6) is -0.239. The van der Waals surface area contributed by atoms with Crippen LogP contribution in [0.2, 0.25) is 0 Å². The van der Waals surface area contributed by atoms with Crippen molar-refractivity contribution in [2.24, 2.45) is 0 Å². The summed E-state index contributed by atoms with van der Waals surface area (Å²) in [4.78, 5) is 11.7. The van der Waals surface area contributed by atoms with Gasteiger partial charge in [0.2, 0.25) is 5.91 Å². The number of hydrogen-bond donors (Lipinski definition) is 2. The fourth-order valence-electron chi connectivity index (χ4n) is 1.95. The number of nitrogens with zero attached hydrogens (tertiary/aromatic N) is 1. The number of amides is 1. The zero-order valence-electron chi connectivity index (χ0n) is 9.92. The highest BCUT2D eigenvalue weighted by molar-refractivity contribution is 7.91. The lowest BCUT2D eigenvalue weighted by atomic mass is 10.2. The Morgan fingerprint density at radius 1 is 1.61 bits per heavy atom. The van der Waals surface area contributed by atoms with Gasteiger partial charge in [-0.05, 0) is 12.5 Å². The molecule has 100 valence electrons. The van der Waals surface area contributed by atoms with E-state index in [2.05, 4.69) is 5.32 Å². The molecule has 2 heterocycles. The molecule has 1 amide bonds. The summed E-state index contributed by atoms with van der Waals surface area (Å²) < 4.78 is 26.3. The highest BCUT2D eigenvalue weighted by Crippen LogP contribution is 2.27. The van der Waals surface area contributed by atoms with E-state index in [9.17, 15) is 13.2 Å². The number of hydrogen-bond acceptors (Lipinski definition) is 5. The van der Waals surface area contributed by atoms with Crippen molar-refractivity contribution < 1.29 is 13.2 Å². The summed E-state index contributed by atoms with van der Waals surface area (Å²) in [6.07, 6.45) is 0.450. The van der Waals surface area contributed by atoms with Crippen LogP contribution in [0.15, 0.2) is 15.7 Å². The van der Waals surface area contributed by atoms with E-state index in [1.165, 1.54) is 10.4 Å². The van der Waals surface area contributed by atoms with Crippen LogP contribution in [-0.4, -0.2) is 37.8 Å². The molecule has 0 aliphatic carbocycles. The molecule has 1 atom stereocenters. The Morgan fingerprint density at radius 3 is 2.89 bits per heavy atom. The summed E-state index contributed by atoms with van der Waals surface area (Å²) in [6.45, 7) is 2.43. The van der Waals surface area contributed by atoms with E-state index in [1.807, 2.05) is 0 Å². The predicted molar refractivity (Wildman–Crippen MR) is 69.7 cm³/mol. The smallest absolute Gasteiger partial charge is 0.253 e. The van der Waals surface area contributed by atoms with Crippen molar-refractivity contribution in [1.29, 1.82) is 0 Å². The van der Waals surface area contributed by atoms with Crippen LogP contribution in [-0.2, 0) is 14.8 Å². The molecule has 6 nitrogen and oxygen atoms in total. The molecule has 18 heavy (non-hydrogen) atoms. The molecular weight excluding hydrogens is 274 g/mol. The lowest BCUT2D eigenvalue weighted by Crippen LogP contribution is -2.56. The van der Waals surface area contributed by atoms with Gasteiger partial charge in [-0.15, -0.1) is 11.3 Å². The number of piperazine rings is 1. The monoisotopic (exact) mass is 289 g/mol. The van der Waals surface area contributed by atoms with Gasteiger partial charge in [-0.3, -0.25) is 4.79 Å². The molecule has 1 aromatic rings. The second-order valence-corrected chi connectivity index (χ2v) is 7.06. The average molecular weight is 289 g/mol. The minimum atomic E-state index is -3.62. The Kier molecular flexibility index (Phi) is 3.60. The lowest BCUT2D eigenvalue weighted by Gasteiger charge is -2.32. The number of anilines is 1. The number of nitrogen functional groups attached to an aromatic ring is 1. The summed E-state index contributed by atoms with van der Waals surface area (Å²) in [6, 6.07) is 0.797. The molecule has 0 radical (unpaired) electrons. The van der Waals surface area contributed by atoms with Crippen LogP contribution in [0.4, 0.5) is 5.69 Å². The highest BCUT2D eigenvalue weighted by Gasteiger charge is 2.37. The number of carbonyl (C=O) groups excluding carboxylic acids is 1. The average Bonchev–Trinajstić information content (AvgIpc) is 2.76. The van der Waals surface area contributed by atoms with Crippen molar-refractivity contribution in [2.45, 2.75) is 23.6 Å². The van der Waals surface area contributed by atoms with Gasteiger partial charge >= 0.3 is 0 Å². The van der Waals surface area contributed by atoms with E-state index in [0.717, 1.165) is 11.3 Å². The number of sulfonamides is 1. The van der Waals surface area contributed by atoms with Gasteiger partial charge in [0, 0.05) is 24.2 Å². The zero-order valence-corrected chi connectivity index (χ0v) is 11.6. The van der Waals surface area contributed by atoms with Gasteiger partial charge < -0.3 is 11.1 Å². The first-order valence-corrected chi connectivity index (χ1v) is 7.92. The first-order chi connectivity index (χ1) is 8.46. The van der Waals surface area contributed by atoms with E-state index in [-0.39, 0.29) is 10.1 Å². The van der Waals surface area contributed by atoms with E-state index in [0.29, 0.717) is 25.2 Å². The molecule has 0 aromatic carbocycles. The van der Waals surface area contributed by atoms with Crippen molar-refractivity contribution >= 4 is 33.0 Å². The third kappa shape index (κ3) is 2.23. The van der Waals surface area contributed by atoms with Crippen molar-refractivity contribution in [1.82, 2.24) is 9.62 Å². The minimum Gasteiger partial charge on any atom is -0.398 e. The zero-order chi connectivity index (χ0) is 13.3. The largest absolute Gasteiger partial charge is 0.398 e. The summed E-state index contributed by atoms with van der Waals surface area (Å²) in [5.41, 5.74) is 5.97. The maximum Gasteiger partial charge on any atom is 0.253 e. The summed E-state index contributed by atoms with van der Waals surface area (Å²) in [5, 5.41) is 4.26. The van der Waals surface area contributed by atoms with Gasteiger partial charge in [-0.1, -0.05) is 6.92 Å². The molecule has 1 aliphatic heterocycles. The molecule has 0 bridgehead atoms. The van der Waals surface area contributed by atoms with Crippen LogP contribution in [0.5, 0.6) is 0 Å². The SMILES string of the molecule is CCC1C(=O)NCCN1S(=O)(=O)c1cc(N)cs1. The van der Waals surface area contributed by atoms with Gasteiger partial charge in [0.1, 0.15) is 10.3 Å². The number of thiophene rings is 1. The van der Waals surface area contributed by atoms with E-state index in [4.69, 9.17) is 5.73 Å². The second-order valence-electron chi connectivity index (χ2n) is 4.03. The fourth-order valence-corrected chi connectivity index (χ4v) is 4.82. The highest BCUT2D eigenvalue weighted by atomic mass is 32.2. The summed E-state index contributed by atoms with van der Waals surface area (Å²) in [7, 11) is -3.62. The van der Waals surface area contributed by atoms with Crippen molar-refractivity contribution in [2.75, 3.05) is 18.8 Å². The van der Waals surface area contributed by atoms with E-state index in [1.54, 1.807) is 12.3 Å². The molecule has 2 rings (SSSR count). The number of carbonyl (C=O) groups is 1. The molecule has 0 saturated carbocycles. The number of nitrogens with one attached hydrogen (secondary N) is 1. The van der Waals surface area contributed by atoms with Crippen LogP contribution in [0.25, 0.3) is 0 Å². The van der Waals surface area contributed by atoms with Crippen LogP contribution in [0.1, 0.15) is 13.3 Å². The minimum absolute atomic E-state index is 0.188. The van der Waals surface area contributed by atoms with Crippen molar-refractivity contribution in [3.8, 4) is 0 Å². The van der Waals surface area contributed by atoms with Crippen LogP contribution < -0.4 is 11.1 Å². The third-order valence-electron chi connectivity index (χ3n) is 2.83. The Hall–Kier alpha value is -1.12. The predicted octanol–water partition coefficient (Wildman–Crippen LogP) is 0.229. The molecule has 1 saturated heterocycles. The number of nitrogens with two attached hydrogens (primary N) is 1. The molecule has 0 spiro atoms. The molecular formula is C10H15N3O3S2. The molecule has 1 unspecified atom stereocenters. The summed E-state index contributed by atoms with van der Waals surface area (Å²) >= 11 is 1.08. The van der Waals surface area contributed by atoms with Crippen LogP contribution in [0, 0.1) is 0 Å². The number of rotatable bonds is 3. The molecule has 3 N–H and O–H groups in total. The molecule has 1 fully saturated rings. The van der Waals surface area contributed by atoms with Gasteiger partial charge in [-0.25, -0.2) is 8.42 Å². The maximum absolute atomic E-state index is 12.4. The third-order valence-corrected chi connectivity index (χ3v) is 6.17. The topological polar surface area (TPSA) is 92.5 Å². The maximum atomic E-state index is 12.4. The van der Waals surface area contributed by atoms with Crippen molar-refractivity contribution in [3.05, 3.63) is 11.4 Å². The quantitative estimate of drug-likeness (QED) is 0.833. The molecule has 1 aliphatic rings. The Balaban J connectivity index is 2.37. The Labute approximate surface area is 110 Å². The second kappa shape index (κ2) is 4.87. The normalized spacial score (nSPS) is 21.8. The first kappa shape index (κ1) is 13.3. The standard InChI is InChI=1S/C10H15N3O3S2/c1-2-8-10(14)12-3-4-13(8)18(15,16)9-5-7(11)6-17-9/h5-6,8H,2-4,11H2,1H3,(H,12,14). The lowest BCUT2D eigenvalue weighted by molar-refractivity contribution is -0.126. The first-order valence-electron chi connectivity index (χ1n) is 5.60. The van der Waals surface area contributed by atoms with Crippen molar-refractivity contribution in [3.63, 3.8) is 0 Å².